The van der Waals surface area contributed by atoms with Crippen LogP contribution in [-0.4, -0.2) is 25.1 Å². The Morgan fingerprint density at radius 2 is 2.05 bits per heavy atom. The fourth-order valence-electron chi connectivity index (χ4n) is 2.96. The second-order valence-electron chi connectivity index (χ2n) is 5.55. The van der Waals surface area contributed by atoms with Crippen molar-refractivity contribution in [1.29, 1.82) is 0 Å². The largest absolute Gasteiger partial charge is 0.469 e. The maximum absolute atomic E-state index is 11.9. The van der Waals surface area contributed by atoms with E-state index < -0.39 is 0 Å². The molecule has 5 nitrogen and oxygen atoms in total. The predicted molar refractivity (Wildman–Crippen MR) is 79.3 cm³/mol. The summed E-state index contributed by atoms with van der Waals surface area (Å²) in [7, 11) is 1.39. The van der Waals surface area contributed by atoms with Crippen molar-refractivity contribution in [2.45, 2.75) is 51.4 Å². The normalized spacial score (nSPS) is 22.3. The summed E-state index contributed by atoms with van der Waals surface area (Å²) in [4.78, 5) is 33.4. The van der Waals surface area contributed by atoms with Gasteiger partial charge in [-0.3, -0.25) is 14.4 Å². The standard InChI is InChI=1S/C16H25NO4/c1-21-16(20)7-5-3-2-4-6-13-12(8-9-15(13)19)14(17)10-11-18/h10-13H,2-9,17H2,1H3. The molecule has 1 fully saturated rings. The second kappa shape index (κ2) is 9.32. The van der Waals surface area contributed by atoms with Gasteiger partial charge in [-0.2, -0.15) is 0 Å². The highest BCUT2D eigenvalue weighted by Crippen LogP contribution is 2.35. The van der Waals surface area contributed by atoms with Crippen molar-refractivity contribution in [2.75, 3.05) is 7.11 Å². The zero-order valence-corrected chi connectivity index (χ0v) is 12.7. The highest BCUT2D eigenvalue weighted by Gasteiger charge is 2.35. The van der Waals surface area contributed by atoms with Crippen LogP contribution in [0.2, 0.25) is 0 Å². The predicted octanol–water partition coefficient (Wildman–Crippen LogP) is 2.14. The highest BCUT2D eigenvalue weighted by molar-refractivity contribution is 5.84. The van der Waals surface area contributed by atoms with E-state index in [4.69, 9.17) is 5.73 Å². The van der Waals surface area contributed by atoms with Crippen LogP contribution in [0, 0.1) is 11.8 Å². The molecule has 2 atom stereocenters. The van der Waals surface area contributed by atoms with Crippen LogP contribution in [0.5, 0.6) is 0 Å². The third-order valence-electron chi connectivity index (χ3n) is 4.16. The molecule has 21 heavy (non-hydrogen) atoms. The fourth-order valence-corrected chi connectivity index (χ4v) is 2.96. The van der Waals surface area contributed by atoms with Crippen LogP contribution in [0.25, 0.3) is 0 Å². The van der Waals surface area contributed by atoms with Gasteiger partial charge < -0.3 is 10.5 Å². The lowest BCUT2D eigenvalue weighted by Crippen LogP contribution is -2.20. The number of ether oxygens (including phenoxy) is 1. The van der Waals surface area contributed by atoms with E-state index in [0.717, 1.165) is 38.5 Å². The molecule has 0 aromatic heterocycles. The smallest absolute Gasteiger partial charge is 0.305 e. The number of ketones is 1. The maximum Gasteiger partial charge on any atom is 0.305 e. The van der Waals surface area contributed by atoms with Crippen LogP contribution in [-0.2, 0) is 19.1 Å². The van der Waals surface area contributed by atoms with E-state index in [1.54, 1.807) is 0 Å². The van der Waals surface area contributed by atoms with E-state index in [0.29, 0.717) is 24.8 Å². The van der Waals surface area contributed by atoms with Crippen molar-refractivity contribution < 1.29 is 19.1 Å². The topological polar surface area (TPSA) is 86.5 Å². The number of carbonyl (C=O) groups excluding carboxylic acids is 3. The van der Waals surface area contributed by atoms with Gasteiger partial charge in [-0.25, -0.2) is 0 Å². The first-order valence-corrected chi connectivity index (χ1v) is 7.60. The van der Waals surface area contributed by atoms with Gasteiger partial charge in [0.1, 0.15) is 12.1 Å². The lowest BCUT2D eigenvalue weighted by Gasteiger charge is -2.18. The molecule has 0 aromatic carbocycles. The molecule has 0 aromatic rings. The van der Waals surface area contributed by atoms with Crippen LogP contribution in [0.1, 0.15) is 51.4 Å². The fraction of sp³-hybridized carbons (Fsp3) is 0.688. The molecule has 118 valence electrons. The van der Waals surface area contributed by atoms with Gasteiger partial charge in [-0.15, -0.1) is 0 Å². The van der Waals surface area contributed by atoms with Gasteiger partial charge >= 0.3 is 5.97 Å². The van der Waals surface area contributed by atoms with E-state index in [-0.39, 0.29) is 23.6 Å². The minimum absolute atomic E-state index is 0.0257. The van der Waals surface area contributed by atoms with E-state index in [9.17, 15) is 14.4 Å². The molecule has 0 spiro atoms. The number of Topliss-reactive ketones (excluding diaryl/α,β-unsaturated/α-hetero) is 1. The zero-order chi connectivity index (χ0) is 15.7. The summed E-state index contributed by atoms with van der Waals surface area (Å²) in [5, 5.41) is 0. The van der Waals surface area contributed by atoms with Gasteiger partial charge in [-0.05, 0) is 25.3 Å². The zero-order valence-electron chi connectivity index (χ0n) is 12.7. The number of allylic oxidation sites excluding steroid dienone is 2. The van der Waals surface area contributed by atoms with Crippen molar-refractivity contribution in [1.82, 2.24) is 0 Å². The van der Waals surface area contributed by atoms with E-state index in [2.05, 4.69) is 4.74 Å². The van der Waals surface area contributed by atoms with Crippen molar-refractivity contribution in [2.24, 2.45) is 17.6 Å². The van der Waals surface area contributed by atoms with Crippen LogP contribution in [0.3, 0.4) is 0 Å². The number of unbranched alkanes of at least 4 members (excludes halogenated alkanes) is 3. The SMILES string of the molecule is COC(=O)CCCCCCC1C(=O)CCC1C(N)=CC=O. The molecule has 0 saturated heterocycles. The monoisotopic (exact) mass is 295 g/mol. The summed E-state index contributed by atoms with van der Waals surface area (Å²) in [6.07, 6.45) is 8.35. The molecule has 1 aliphatic rings. The Labute approximate surface area is 125 Å². The highest BCUT2D eigenvalue weighted by atomic mass is 16.5. The minimum Gasteiger partial charge on any atom is -0.469 e. The first kappa shape index (κ1) is 17.4. The van der Waals surface area contributed by atoms with Gasteiger partial charge in [0.15, 0.2) is 0 Å². The van der Waals surface area contributed by atoms with Crippen LogP contribution >= 0.6 is 0 Å². The number of aldehydes is 1. The van der Waals surface area contributed by atoms with E-state index >= 15 is 0 Å². The molecule has 0 heterocycles. The summed E-state index contributed by atoms with van der Waals surface area (Å²) < 4.78 is 4.58. The first-order chi connectivity index (χ1) is 10.1. The molecule has 1 saturated carbocycles. The quantitative estimate of drug-likeness (QED) is 0.305. The number of rotatable bonds is 9. The Morgan fingerprint density at radius 3 is 2.71 bits per heavy atom. The first-order valence-electron chi connectivity index (χ1n) is 7.60. The third kappa shape index (κ3) is 5.69. The molecule has 5 heteroatoms. The molecule has 0 bridgehead atoms. The summed E-state index contributed by atoms with van der Waals surface area (Å²) >= 11 is 0. The summed E-state index contributed by atoms with van der Waals surface area (Å²) in [6, 6.07) is 0. The number of carbonyl (C=O) groups is 3. The Kier molecular flexibility index (Phi) is 7.72. The van der Waals surface area contributed by atoms with E-state index in [1.807, 2.05) is 0 Å². The van der Waals surface area contributed by atoms with Crippen molar-refractivity contribution >= 4 is 18.0 Å². The molecule has 1 aliphatic carbocycles. The lowest BCUT2D eigenvalue weighted by molar-refractivity contribution is -0.140. The molecular formula is C16H25NO4. The van der Waals surface area contributed by atoms with Crippen molar-refractivity contribution in [3.63, 3.8) is 0 Å². The average Bonchev–Trinajstić information content (AvgIpc) is 2.84. The Balaban J connectivity index is 2.29. The molecule has 0 radical (unpaired) electrons. The number of esters is 1. The number of methoxy groups -OCH3 is 1. The van der Waals surface area contributed by atoms with E-state index in [1.165, 1.54) is 13.2 Å². The molecule has 1 rings (SSSR count). The molecular weight excluding hydrogens is 270 g/mol. The van der Waals surface area contributed by atoms with Gasteiger partial charge in [0.2, 0.25) is 0 Å². The molecule has 0 aliphatic heterocycles. The van der Waals surface area contributed by atoms with Gasteiger partial charge in [0.05, 0.1) is 7.11 Å². The van der Waals surface area contributed by atoms with Gasteiger partial charge in [-0.1, -0.05) is 19.3 Å². The third-order valence-corrected chi connectivity index (χ3v) is 4.16. The average molecular weight is 295 g/mol. The Bertz CT molecular complexity index is 403. The summed E-state index contributed by atoms with van der Waals surface area (Å²) in [5.41, 5.74) is 6.40. The summed E-state index contributed by atoms with van der Waals surface area (Å²) in [5.74, 6) is 0.0733. The maximum atomic E-state index is 11.9. The number of hydrogen-bond donors (Lipinski definition) is 1. The van der Waals surface area contributed by atoms with Crippen LogP contribution in [0.4, 0.5) is 0 Å². The molecule has 2 N–H and O–H groups in total. The molecule has 0 amide bonds. The van der Waals surface area contributed by atoms with Gasteiger partial charge in [0, 0.05) is 30.4 Å². The summed E-state index contributed by atoms with van der Waals surface area (Å²) in [6.45, 7) is 0. The lowest BCUT2D eigenvalue weighted by atomic mass is 9.87. The molecule has 2 unspecified atom stereocenters. The minimum atomic E-state index is -0.173. The van der Waals surface area contributed by atoms with Crippen LogP contribution < -0.4 is 5.73 Å². The number of hydrogen-bond acceptors (Lipinski definition) is 5. The van der Waals surface area contributed by atoms with Gasteiger partial charge in [0.25, 0.3) is 0 Å². The Hall–Kier alpha value is -1.65. The van der Waals surface area contributed by atoms with Crippen LogP contribution in [0.15, 0.2) is 11.8 Å². The second-order valence-corrected chi connectivity index (χ2v) is 5.55. The van der Waals surface area contributed by atoms with Crippen molar-refractivity contribution in [3.05, 3.63) is 11.8 Å². The Morgan fingerprint density at radius 1 is 1.33 bits per heavy atom. The number of nitrogens with two attached hydrogens (primary N) is 1. The van der Waals surface area contributed by atoms with Crippen molar-refractivity contribution in [3.8, 4) is 0 Å².